The maximum atomic E-state index is 12.3. The van der Waals surface area contributed by atoms with Gasteiger partial charge >= 0.3 is 5.97 Å². The molecule has 0 aliphatic carbocycles. The first-order valence-corrected chi connectivity index (χ1v) is 7.31. The van der Waals surface area contributed by atoms with Crippen LogP contribution in [0.2, 0.25) is 0 Å². The van der Waals surface area contributed by atoms with Gasteiger partial charge in [0.15, 0.2) is 0 Å². The normalized spacial score (nSPS) is 13.8. The third-order valence-electron chi connectivity index (χ3n) is 3.55. The first-order valence-electron chi connectivity index (χ1n) is 7.31. The van der Waals surface area contributed by atoms with E-state index in [0.29, 0.717) is 11.4 Å². The lowest BCUT2D eigenvalue weighted by Gasteiger charge is -2.33. The van der Waals surface area contributed by atoms with Crippen LogP contribution in [0.3, 0.4) is 0 Å². The summed E-state index contributed by atoms with van der Waals surface area (Å²) in [5.74, 6) is -0.871. The number of carbonyl (C=O) groups excluding carboxylic acids is 1. The van der Waals surface area contributed by atoms with E-state index in [0.717, 1.165) is 0 Å². The number of hydrogen-bond donors (Lipinski definition) is 2. The van der Waals surface area contributed by atoms with Crippen molar-refractivity contribution in [2.75, 3.05) is 0 Å². The van der Waals surface area contributed by atoms with Crippen molar-refractivity contribution in [1.82, 2.24) is 10.3 Å². The number of pyridine rings is 1. The lowest BCUT2D eigenvalue weighted by molar-refractivity contribution is -0.138. The molecule has 1 aromatic heterocycles. The number of carbonyl (C=O) groups is 2. The van der Waals surface area contributed by atoms with E-state index < -0.39 is 11.5 Å². The minimum Gasteiger partial charge on any atom is -0.481 e. The number of ether oxygens (including phenoxy) is 1. The second-order valence-electron chi connectivity index (χ2n) is 6.15. The standard InChI is InChI=1S/C16H24N2O4/c1-10(2)16(5,8-14(19)20)18-15(21)12-6-7-13(17-9-12)22-11(3)4/h6-7,9-11H,8H2,1-5H3,(H,18,21)(H,19,20). The van der Waals surface area contributed by atoms with Crippen LogP contribution >= 0.6 is 0 Å². The van der Waals surface area contributed by atoms with Crippen LogP contribution in [-0.2, 0) is 4.79 Å². The molecule has 0 radical (unpaired) electrons. The average Bonchev–Trinajstić information content (AvgIpc) is 2.37. The number of rotatable bonds is 7. The molecule has 1 aromatic rings. The third kappa shape index (κ3) is 5.02. The molecule has 0 aromatic carbocycles. The van der Waals surface area contributed by atoms with Crippen LogP contribution in [0.1, 0.15) is 51.4 Å². The molecule has 6 heteroatoms. The molecule has 1 amide bonds. The number of hydrogen-bond acceptors (Lipinski definition) is 4. The zero-order valence-electron chi connectivity index (χ0n) is 13.7. The van der Waals surface area contributed by atoms with Crippen LogP contribution in [0.5, 0.6) is 5.88 Å². The molecule has 0 spiro atoms. The SMILES string of the molecule is CC(C)Oc1ccc(C(=O)NC(C)(CC(=O)O)C(C)C)cn1. The molecule has 1 unspecified atom stereocenters. The van der Waals surface area contributed by atoms with Gasteiger partial charge in [-0.1, -0.05) is 13.8 Å². The van der Waals surface area contributed by atoms with Crippen molar-refractivity contribution >= 4 is 11.9 Å². The average molecular weight is 308 g/mol. The van der Waals surface area contributed by atoms with Crippen molar-refractivity contribution in [3.63, 3.8) is 0 Å². The molecule has 1 heterocycles. The minimum absolute atomic E-state index is 0.00646. The van der Waals surface area contributed by atoms with Gasteiger partial charge in [-0.25, -0.2) is 4.98 Å². The third-order valence-corrected chi connectivity index (χ3v) is 3.55. The summed E-state index contributed by atoms with van der Waals surface area (Å²) in [4.78, 5) is 27.4. The Bertz CT molecular complexity index is 525. The molecule has 2 N–H and O–H groups in total. The fourth-order valence-electron chi connectivity index (χ4n) is 1.86. The molecular weight excluding hydrogens is 284 g/mol. The van der Waals surface area contributed by atoms with Gasteiger partial charge < -0.3 is 15.2 Å². The van der Waals surface area contributed by atoms with Crippen LogP contribution in [0.15, 0.2) is 18.3 Å². The molecule has 0 fully saturated rings. The Balaban J connectivity index is 2.84. The van der Waals surface area contributed by atoms with E-state index in [2.05, 4.69) is 10.3 Å². The predicted octanol–water partition coefficient (Wildman–Crippen LogP) is 2.49. The summed E-state index contributed by atoms with van der Waals surface area (Å²) in [6.07, 6.45) is 1.29. The van der Waals surface area contributed by atoms with Crippen LogP contribution in [-0.4, -0.2) is 33.6 Å². The van der Waals surface area contributed by atoms with E-state index in [9.17, 15) is 9.59 Å². The van der Waals surface area contributed by atoms with E-state index in [1.807, 2.05) is 27.7 Å². The Hall–Kier alpha value is -2.11. The Kier molecular flexibility index (Phi) is 5.91. The first kappa shape index (κ1) is 17.9. The fraction of sp³-hybridized carbons (Fsp3) is 0.562. The molecular formula is C16H24N2O4. The summed E-state index contributed by atoms with van der Waals surface area (Å²) in [5, 5.41) is 11.8. The van der Waals surface area contributed by atoms with Crippen LogP contribution < -0.4 is 10.1 Å². The number of carboxylic acid groups (broad SMARTS) is 1. The number of carboxylic acids is 1. The van der Waals surface area contributed by atoms with Gasteiger partial charge in [0.05, 0.1) is 23.6 Å². The Morgan fingerprint density at radius 3 is 2.36 bits per heavy atom. The second kappa shape index (κ2) is 7.24. The highest BCUT2D eigenvalue weighted by molar-refractivity contribution is 5.94. The summed E-state index contributed by atoms with van der Waals surface area (Å²) in [6, 6.07) is 3.24. The van der Waals surface area contributed by atoms with Crippen molar-refractivity contribution < 1.29 is 19.4 Å². The highest BCUT2D eigenvalue weighted by Crippen LogP contribution is 2.21. The molecule has 0 saturated heterocycles. The summed E-state index contributed by atoms with van der Waals surface area (Å²) < 4.78 is 5.42. The van der Waals surface area contributed by atoms with Crippen LogP contribution in [0.4, 0.5) is 0 Å². The van der Waals surface area contributed by atoms with E-state index in [-0.39, 0.29) is 24.3 Å². The number of aromatic nitrogens is 1. The van der Waals surface area contributed by atoms with E-state index in [1.165, 1.54) is 6.20 Å². The Labute approximate surface area is 130 Å². The van der Waals surface area contributed by atoms with E-state index in [1.54, 1.807) is 19.1 Å². The Morgan fingerprint density at radius 2 is 1.95 bits per heavy atom. The molecule has 0 bridgehead atoms. The second-order valence-corrected chi connectivity index (χ2v) is 6.15. The van der Waals surface area contributed by atoms with Gasteiger partial charge in [0.2, 0.25) is 5.88 Å². The lowest BCUT2D eigenvalue weighted by atomic mass is 9.85. The summed E-state index contributed by atoms with van der Waals surface area (Å²) in [5.41, 5.74) is -0.455. The van der Waals surface area contributed by atoms with E-state index in [4.69, 9.17) is 9.84 Å². The summed E-state index contributed by atoms with van der Waals surface area (Å²) in [7, 11) is 0. The molecule has 1 rings (SSSR count). The van der Waals surface area contributed by atoms with Gasteiger partial charge in [0, 0.05) is 12.3 Å². The molecule has 0 saturated carbocycles. The van der Waals surface area contributed by atoms with Gasteiger partial charge in [-0.3, -0.25) is 9.59 Å². The minimum atomic E-state index is -0.949. The van der Waals surface area contributed by atoms with Crippen molar-refractivity contribution in [3.05, 3.63) is 23.9 Å². The van der Waals surface area contributed by atoms with Crippen LogP contribution in [0, 0.1) is 5.92 Å². The molecule has 6 nitrogen and oxygen atoms in total. The number of nitrogens with one attached hydrogen (secondary N) is 1. The van der Waals surface area contributed by atoms with E-state index >= 15 is 0 Å². The van der Waals surface area contributed by atoms with Crippen molar-refractivity contribution in [2.24, 2.45) is 5.92 Å². The van der Waals surface area contributed by atoms with Gasteiger partial charge in [-0.05, 0) is 32.8 Å². The lowest BCUT2D eigenvalue weighted by Crippen LogP contribution is -2.51. The van der Waals surface area contributed by atoms with Gasteiger partial charge in [-0.2, -0.15) is 0 Å². The maximum Gasteiger partial charge on any atom is 0.305 e. The molecule has 122 valence electrons. The largest absolute Gasteiger partial charge is 0.481 e. The zero-order chi connectivity index (χ0) is 16.9. The topological polar surface area (TPSA) is 88.5 Å². The zero-order valence-corrected chi connectivity index (χ0v) is 13.7. The quantitative estimate of drug-likeness (QED) is 0.808. The highest BCUT2D eigenvalue weighted by atomic mass is 16.5. The smallest absolute Gasteiger partial charge is 0.305 e. The maximum absolute atomic E-state index is 12.3. The molecule has 0 aliphatic rings. The van der Waals surface area contributed by atoms with Crippen molar-refractivity contribution in [1.29, 1.82) is 0 Å². The predicted molar refractivity (Wildman–Crippen MR) is 83.0 cm³/mol. The van der Waals surface area contributed by atoms with Crippen molar-refractivity contribution in [3.8, 4) is 5.88 Å². The molecule has 1 atom stereocenters. The number of aliphatic carboxylic acids is 1. The summed E-state index contributed by atoms with van der Waals surface area (Å²) in [6.45, 7) is 9.26. The summed E-state index contributed by atoms with van der Waals surface area (Å²) >= 11 is 0. The fourth-order valence-corrected chi connectivity index (χ4v) is 1.86. The monoisotopic (exact) mass is 308 g/mol. The van der Waals surface area contributed by atoms with Crippen LogP contribution in [0.25, 0.3) is 0 Å². The Morgan fingerprint density at radius 1 is 1.32 bits per heavy atom. The first-order chi connectivity index (χ1) is 10.1. The molecule has 0 aliphatic heterocycles. The molecule has 22 heavy (non-hydrogen) atoms. The highest BCUT2D eigenvalue weighted by Gasteiger charge is 2.33. The number of amides is 1. The van der Waals surface area contributed by atoms with Gasteiger partial charge in [0.1, 0.15) is 0 Å². The number of nitrogens with zero attached hydrogens (tertiary/aromatic N) is 1. The van der Waals surface area contributed by atoms with Crippen molar-refractivity contribution in [2.45, 2.75) is 52.7 Å². The van der Waals surface area contributed by atoms with Gasteiger partial charge in [-0.15, -0.1) is 0 Å². The van der Waals surface area contributed by atoms with Gasteiger partial charge in [0.25, 0.3) is 5.91 Å².